The first kappa shape index (κ1) is 24.4. The molecule has 0 N–H and O–H groups in total. The molecule has 1 saturated heterocycles. The highest BCUT2D eigenvalue weighted by molar-refractivity contribution is 8.00. The Morgan fingerprint density at radius 1 is 1.00 bits per heavy atom. The summed E-state index contributed by atoms with van der Waals surface area (Å²) in [5.41, 5.74) is 0.325. The molecule has 2 aromatic rings. The number of benzene rings is 2. The summed E-state index contributed by atoms with van der Waals surface area (Å²) < 4.78 is 62.3. The minimum Gasteiger partial charge on any atom is -0.368 e. The molecule has 32 heavy (non-hydrogen) atoms. The van der Waals surface area contributed by atoms with Crippen LogP contribution in [-0.4, -0.2) is 56.9 Å². The van der Waals surface area contributed by atoms with E-state index in [-0.39, 0.29) is 16.1 Å². The molecule has 0 aromatic heterocycles. The predicted molar refractivity (Wildman–Crippen MR) is 120 cm³/mol. The zero-order valence-corrected chi connectivity index (χ0v) is 19.6. The fourth-order valence-electron chi connectivity index (χ4n) is 3.46. The van der Waals surface area contributed by atoms with Gasteiger partial charge in [0.1, 0.15) is 0 Å². The smallest absolute Gasteiger partial charge is 0.368 e. The van der Waals surface area contributed by atoms with E-state index in [0.717, 1.165) is 23.3 Å². The molecule has 0 bridgehead atoms. The molecule has 1 heterocycles. The number of alkyl halides is 3. The lowest BCUT2D eigenvalue weighted by atomic mass is 10.1. The van der Waals surface area contributed by atoms with Crippen LogP contribution in [0.2, 0.25) is 0 Å². The average Bonchev–Trinajstić information content (AvgIpc) is 2.72. The van der Waals surface area contributed by atoms with Crippen LogP contribution >= 0.6 is 11.8 Å². The van der Waals surface area contributed by atoms with Gasteiger partial charge in [-0.05, 0) is 42.5 Å². The number of halogens is 3. The van der Waals surface area contributed by atoms with Crippen molar-refractivity contribution in [3.63, 3.8) is 0 Å². The maximum atomic E-state index is 13.3. The number of sulfone groups is 1. The van der Waals surface area contributed by atoms with Crippen LogP contribution in [0.5, 0.6) is 0 Å². The van der Waals surface area contributed by atoms with Gasteiger partial charge in [0, 0.05) is 48.3 Å². The number of carbonyl (C=O) groups excluding carboxylic acids is 1. The van der Waals surface area contributed by atoms with E-state index < -0.39 is 21.6 Å². The van der Waals surface area contributed by atoms with Crippen LogP contribution in [0.15, 0.2) is 52.3 Å². The molecule has 1 fully saturated rings. The Labute approximate surface area is 190 Å². The van der Waals surface area contributed by atoms with E-state index in [0.29, 0.717) is 37.4 Å². The molecule has 0 aliphatic carbocycles. The summed E-state index contributed by atoms with van der Waals surface area (Å²) in [6.07, 6.45) is -3.27. The molecule has 2 aromatic carbocycles. The molecule has 0 unspecified atom stereocenters. The first-order valence-electron chi connectivity index (χ1n) is 10.1. The van der Waals surface area contributed by atoms with E-state index >= 15 is 0 Å². The van der Waals surface area contributed by atoms with Crippen molar-refractivity contribution < 1.29 is 26.4 Å². The van der Waals surface area contributed by atoms with Crippen LogP contribution in [0, 0.1) is 0 Å². The maximum absolute atomic E-state index is 13.3. The van der Waals surface area contributed by atoms with Crippen molar-refractivity contribution in [2.75, 3.05) is 37.3 Å². The Hall–Kier alpha value is -2.20. The van der Waals surface area contributed by atoms with Crippen molar-refractivity contribution in [3.8, 4) is 0 Å². The summed E-state index contributed by atoms with van der Waals surface area (Å²) in [6.45, 7) is 5.69. The number of hydrogen-bond acceptors (Lipinski definition) is 5. The Bertz CT molecular complexity index is 1080. The third kappa shape index (κ3) is 5.78. The van der Waals surface area contributed by atoms with Crippen molar-refractivity contribution >= 4 is 33.2 Å². The number of anilines is 1. The van der Waals surface area contributed by atoms with Crippen molar-refractivity contribution in [3.05, 3.63) is 53.6 Å². The lowest BCUT2D eigenvalue weighted by Crippen LogP contribution is -2.49. The van der Waals surface area contributed by atoms with Gasteiger partial charge in [0.05, 0.1) is 16.0 Å². The van der Waals surface area contributed by atoms with Gasteiger partial charge in [0.25, 0.3) is 5.91 Å². The van der Waals surface area contributed by atoms with Gasteiger partial charge >= 0.3 is 6.18 Å². The number of carbonyl (C=O) groups is 1. The second-order valence-corrected chi connectivity index (χ2v) is 11.6. The molecule has 3 rings (SSSR count). The van der Waals surface area contributed by atoms with Crippen LogP contribution in [0.3, 0.4) is 0 Å². The maximum Gasteiger partial charge on any atom is 0.416 e. The highest BCUT2D eigenvalue weighted by Crippen LogP contribution is 2.32. The first-order chi connectivity index (χ1) is 14.9. The van der Waals surface area contributed by atoms with E-state index in [9.17, 15) is 26.4 Å². The molecule has 1 aliphatic heterocycles. The van der Waals surface area contributed by atoms with Gasteiger partial charge in [-0.3, -0.25) is 4.79 Å². The molecule has 0 saturated carbocycles. The summed E-state index contributed by atoms with van der Waals surface area (Å²) in [4.78, 5) is 17.7. The van der Waals surface area contributed by atoms with Gasteiger partial charge in [-0.1, -0.05) is 13.8 Å². The quantitative estimate of drug-likeness (QED) is 0.580. The summed E-state index contributed by atoms with van der Waals surface area (Å²) in [7, 11) is -3.46. The zero-order valence-electron chi connectivity index (χ0n) is 18.0. The number of hydrogen-bond donors (Lipinski definition) is 0. The van der Waals surface area contributed by atoms with E-state index in [4.69, 9.17) is 0 Å². The van der Waals surface area contributed by atoms with Crippen LogP contribution in [0.4, 0.5) is 18.9 Å². The SMILES string of the molecule is CC(C)Sc1ccc(S(C)(=O)=O)cc1C(=O)N1CCN(c2ccc(C(F)(F)F)cc2)CC1. The number of thioether (sulfide) groups is 1. The number of piperazine rings is 1. The Kier molecular flexibility index (Phi) is 7.14. The molecule has 5 nitrogen and oxygen atoms in total. The lowest BCUT2D eigenvalue weighted by molar-refractivity contribution is -0.137. The molecule has 0 atom stereocenters. The van der Waals surface area contributed by atoms with Gasteiger partial charge in [-0.15, -0.1) is 11.8 Å². The summed E-state index contributed by atoms with van der Waals surface area (Å²) in [5, 5.41) is 0.210. The second kappa shape index (κ2) is 9.35. The highest BCUT2D eigenvalue weighted by Gasteiger charge is 2.31. The second-order valence-electron chi connectivity index (χ2n) is 7.92. The molecule has 0 spiro atoms. The molecular weight excluding hydrogens is 461 g/mol. The Balaban J connectivity index is 1.76. The fraction of sp³-hybridized carbons (Fsp3) is 0.409. The highest BCUT2D eigenvalue weighted by atomic mass is 32.2. The lowest BCUT2D eigenvalue weighted by Gasteiger charge is -2.36. The predicted octanol–water partition coefficient (Wildman–Crippen LogP) is 4.57. The molecule has 0 radical (unpaired) electrons. The first-order valence-corrected chi connectivity index (χ1v) is 12.9. The standard InChI is InChI=1S/C22H25F3N2O3S2/c1-15(2)31-20-9-8-18(32(3,29)30)14-19(20)21(28)27-12-10-26(11-13-27)17-6-4-16(5-7-17)22(23,24)25/h4-9,14-15H,10-13H2,1-3H3. The van der Waals surface area contributed by atoms with E-state index in [2.05, 4.69) is 0 Å². The molecule has 174 valence electrons. The van der Waals surface area contributed by atoms with Gasteiger partial charge in [-0.25, -0.2) is 8.42 Å². The van der Waals surface area contributed by atoms with E-state index in [1.807, 2.05) is 18.7 Å². The van der Waals surface area contributed by atoms with Gasteiger partial charge in [0.2, 0.25) is 0 Å². The van der Waals surface area contributed by atoms with Gasteiger partial charge in [-0.2, -0.15) is 13.2 Å². The third-order valence-corrected chi connectivity index (χ3v) is 7.29. The normalized spacial score (nSPS) is 15.3. The van der Waals surface area contributed by atoms with E-state index in [1.54, 1.807) is 11.0 Å². The fourth-order valence-corrected chi connectivity index (χ4v) is 5.04. The summed E-state index contributed by atoms with van der Waals surface area (Å²) in [6, 6.07) is 9.61. The van der Waals surface area contributed by atoms with Crippen LogP contribution in [0.1, 0.15) is 29.8 Å². The van der Waals surface area contributed by atoms with Crippen LogP contribution in [-0.2, 0) is 16.0 Å². The topological polar surface area (TPSA) is 57.7 Å². The van der Waals surface area contributed by atoms with Crippen molar-refractivity contribution in [1.29, 1.82) is 0 Å². The summed E-state index contributed by atoms with van der Waals surface area (Å²) in [5.74, 6) is -0.245. The Morgan fingerprint density at radius 2 is 1.59 bits per heavy atom. The number of amides is 1. The third-order valence-electron chi connectivity index (χ3n) is 5.10. The van der Waals surface area contributed by atoms with Crippen molar-refractivity contribution in [1.82, 2.24) is 4.90 Å². The zero-order chi connectivity index (χ0) is 23.7. The largest absolute Gasteiger partial charge is 0.416 e. The molecule has 1 amide bonds. The van der Waals surface area contributed by atoms with Gasteiger partial charge in [0.15, 0.2) is 9.84 Å². The Morgan fingerprint density at radius 3 is 2.09 bits per heavy atom. The van der Waals surface area contributed by atoms with Crippen molar-refractivity contribution in [2.24, 2.45) is 0 Å². The van der Waals surface area contributed by atoms with Crippen LogP contribution in [0.25, 0.3) is 0 Å². The summed E-state index contributed by atoms with van der Waals surface area (Å²) >= 11 is 1.49. The average molecular weight is 487 g/mol. The minimum atomic E-state index is -4.38. The molecule has 10 heteroatoms. The minimum absolute atomic E-state index is 0.0948. The van der Waals surface area contributed by atoms with Gasteiger partial charge < -0.3 is 9.80 Å². The van der Waals surface area contributed by atoms with Crippen LogP contribution < -0.4 is 4.90 Å². The van der Waals surface area contributed by atoms with Crippen molar-refractivity contribution in [2.45, 2.75) is 35.1 Å². The molecule has 1 aliphatic rings. The monoisotopic (exact) mass is 486 g/mol. The molecular formula is C22H25F3N2O3S2. The number of nitrogens with zero attached hydrogens (tertiary/aromatic N) is 2. The number of rotatable bonds is 5. The van der Waals surface area contributed by atoms with E-state index in [1.165, 1.54) is 36.0 Å².